The SMILES string of the molecule is C[C@@H]1CC2(CCCC[N+]2(C)C)C[C@H]1C. The van der Waals surface area contributed by atoms with Crippen LogP contribution in [0.5, 0.6) is 0 Å². The van der Waals surface area contributed by atoms with E-state index < -0.39 is 0 Å². The van der Waals surface area contributed by atoms with E-state index >= 15 is 0 Å². The third kappa shape index (κ3) is 1.41. The van der Waals surface area contributed by atoms with Gasteiger partial charge in [-0.1, -0.05) is 13.8 Å². The lowest BCUT2D eigenvalue weighted by Gasteiger charge is -2.50. The van der Waals surface area contributed by atoms with E-state index in [1.807, 2.05) is 0 Å². The van der Waals surface area contributed by atoms with Gasteiger partial charge in [0.2, 0.25) is 0 Å². The van der Waals surface area contributed by atoms with Gasteiger partial charge in [0.25, 0.3) is 0 Å². The first-order chi connectivity index (χ1) is 6.47. The molecule has 1 heteroatoms. The summed E-state index contributed by atoms with van der Waals surface area (Å²) in [5.41, 5.74) is 0.650. The molecule has 0 bridgehead atoms. The zero-order valence-electron chi connectivity index (χ0n) is 10.3. The van der Waals surface area contributed by atoms with Crippen LogP contribution in [0.3, 0.4) is 0 Å². The molecule has 0 aromatic heterocycles. The van der Waals surface area contributed by atoms with Crippen molar-refractivity contribution < 1.29 is 4.48 Å². The van der Waals surface area contributed by atoms with Crippen LogP contribution in [0.1, 0.15) is 46.0 Å². The van der Waals surface area contributed by atoms with Gasteiger partial charge < -0.3 is 4.48 Å². The highest BCUT2D eigenvalue weighted by molar-refractivity contribution is 4.94. The van der Waals surface area contributed by atoms with Crippen molar-refractivity contribution in [3.05, 3.63) is 0 Å². The van der Waals surface area contributed by atoms with Gasteiger partial charge in [-0.2, -0.15) is 0 Å². The van der Waals surface area contributed by atoms with Gasteiger partial charge in [-0.15, -0.1) is 0 Å². The summed E-state index contributed by atoms with van der Waals surface area (Å²) in [5, 5.41) is 0. The lowest BCUT2D eigenvalue weighted by atomic mass is 9.82. The van der Waals surface area contributed by atoms with Crippen LogP contribution in [0.2, 0.25) is 0 Å². The summed E-state index contributed by atoms with van der Waals surface area (Å²) in [6.45, 7) is 6.31. The molecule has 2 fully saturated rings. The number of hydrogen-bond donors (Lipinski definition) is 0. The number of hydrogen-bond acceptors (Lipinski definition) is 0. The molecule has 1 saturated carbocycles. The van der Waals surface area contributed by atoms with Gasteiger partial charge in [0.05, 0.1) is 26.2 Å². The minimum atomic E-state index is 0.650. The van der Waals surface area contributed by atoms with Crippen LogP contribution in [-0.2, 0) is 0 Å². The van der Waals surface area contributed by atoms with Gasteiger partial charge in [-0.25, -0.2) is 0 Å². The molecule has 1 heterocycles. The van der Waals surface area contributed by atoms with Gasteiger partial charge in [0, 0.05) is 19.3 Å². The van der Waals surface area contributed by atoms with Crippen molar-refractivity contribution in [3.63, 3.8) is 0 Å². The molecule has 1 saturated heterocycles. The molecule has 0 aromatic carbocycles. The van der Waals surface area contributed by atoms with Gasteiger partial charge in [0.15, 0.2) is 0 Å². The average Bonchev–Trinajstić information content (AvgIpc) is 2.37. The number of rotatable bonds is 0. The van der Waals surface area contributed by atoms with Crippen molar-refractivity contribution >= 4 is 0 Å². The highest BCUT2D eigenvalue weighted by atomic mass is 15.4. The summed E-state index contributed by atoms with van der Waals surface area (Å²) in [7, 11) is 4.92. The Bertz CT molecular complexity index is 209. The maximum absolute atomic E-state index is 2.46. The third-order valence-corrected chi connectivity index (χ3v) is 5.27. The molecule has 0 aromatic rings. The second-order valence-corrected chi connectivity index (χ2v) is 6.45. The van der Waals surface area contributed by atoms with E-state index in [1.54, 1.807) is 0 Å². The van der Waals surface area contributed by atoms with Crippen LogP contribution in [0.4, 0.5) is 0 Å². The van der Waals surface area contributed by atoms with Crippen molar-refractivity contribution in [1.82, 2.24) is 0 Å². The van der Waals surface area contributed by atoms with Crippen LogP contribution in [-0.4, -0.2) is 30.7 Å². The van der Waals surface area contributed by atoms with Crippen LogP contribution < -0.4 is 0 Å². The molecule has 14 heavy (non-hydrogen) atoms. The Balaban J connectivity index is 2.22. The van der Waals surface area contributed by atoms with Crippen LogP contribution in [0.25, 0.3) is 0 Å². The smallest absolute Gasteiger partial charge is 0.0993 e. The molecule has 82 valence electrons. The summed E-state index contributed by atoms with van der Waals surface area (Å²) < 4.78 is 1.29. The monoisotopic (exact) mass is 196 g/mol. The second-order valence-electron chi connectivity index (χ2n) is 6.45. The highest BCUT2D eigenvalue weighted by Crippen LogP contribution is 2.49. The van der Waals surface area contributed by atoms with Gasteiger partial charge in [-0.05, 0) is 24.7 Å². The predicted octanol–water partition coefficient (Wildman–Crippen LogP) is 3.05. The van der Waals surface area contributed by atoms with E-state index in [4.69, 9.17) is 0 Å². The van der Waals surface area contributed by atoms with E-state index in [2.05, 4.69) is 27.9 Å². The molecule has 2 aliphatic rings. The molecule has 0 N–H and O–H groups in total. The van der Waals surface area contributed by atoms with E-state index in [1.165, 1.54) is 43.1 Å². The lowest BCUT2D eigenvalue weighted by molar-refractivity contribution is -0.947. The predicted molar refractivity (Wildman–Crippen MR) is 61.1 cm³/mol. The number of quaternary nitrogens is 1. The maximum atomic E-state index is 2.46. The van der Waals surface area contributed by atoms with Crippen molar-refractivity contribution in [3.8, 4) is 0 Å². The highest BCUT2D eigenvalue weighted by Gasteiger charge is 2.53. The summed E-state index contributed by atoms with van der Waals surface area (Å²) in [4.78, 5) is 0. The maximum Gasteiger partial charge on any atom is 0.0993 e. The fourth-order valence-corrected chi connectivity index (χ4v) is 3.88. The molecular weight excluding hydrogens is 170 g/mol. The van der Waals surface area contributed by atoms with E-state index in [9.17, 15) is 0 Å². The molecule has 1 aliphatic heterocycles. The Labute approximate surface area is 89.1 Å². The summed E-state index contributed by atoms with van der Waals surface area (Å²) in [6, 6.07) is 0. The van der Waals surface area contributed by atoms with E-state index in [0.717, 1.165) is 11.8 Å². The Morgan fingerprint density at radius 3 is 2.07 bits per heavy atom. The molecule has 0 amide bonds. The lowest BCUT2D eigenvalue weighted by Crippen LogP contribution is -2.60. The van der Waals surface area contributed by atoms with Crippen molar-refractivity contribution in [1.29, 1.82) is 0 Å². The summed E-state index contributed by atoms with van der Waals surface area (Å²) in [6.07, 6.45) is 7.34. The zero-order chi connectivity index (χ0) is 10.4. The standard InChI is InChI=1S/C13H26N/c1-11-9-13(10-12(11)2)7-5-6-8-14(13,3)4/h11-12H,5-10H2,1-4H3/q+1/t11-,12-/m1/s1. The molecule has 1 nitrogen and oxygen atoms in total. The molecule has 1 spiro atoms. The Hall–Kier alpha value is -0.0400. The average molecular weight is 196 g/mol. The topological polar surface area (TPSA) is 0 Å². The molecular formula is C13H26N+. The largest absolute Gasteiger partial charge is 0.324 e. The number of likely N-dealkylation sites (tertiary alicyclic amines) is 1. The fraction of sp³-hybridized carbons (Fsp3) is 1.00. The van der Waals surface area contributed by atoms with Gasteiger partial charge in [-0.3, -0.25) is 0 Å². The Morgan fingerprint density at radius 2 is 1.57 bits per heavy atom. The van der Waals surface area contributed by atoms with Crippen molar-refractivity contribution in [2.45, 2.75) is 51.5 Å². The first-order valence-corrected chi connectivity index (χ1v) is 6.30. The quantitative estimate of drug-likeness (QED) is 0.522. The third-order valence-electron chi connectivity index (χ3n) is 5.27. The van der Waals surface area contributed by atoms with Crippen LogP contribution >= 0.6 is 0 Å². The molecule has 0 unspecified atom stereocenters. The summed E-state index contributed by atoms with van der Waals surface area (Å²) >= 11 is 0. The summed E-state index contributed by atoms with van der Waals surface area (Å²) in [5.74, 6) is 1.90. The van der Waals surface area contributed by atoms with Crippen LogP contribution in [0, 0.1) is 11.8 Å². The van der Waals surface area contributed by atoms with E-state index in [-0.39, 0.29) is 0 Å². The number of nitrogens with zero attached hydrogens (tertiary/aromatic N) is 1. The minimum absolute atomic E-state index is 0.650. The van der Waals surface area contributed by atoms with Crippen molar-refractivity contribution in [2.75, 3.05) is 20.6 Å². The minimum Gasteiger partial charge on any atom is -0.324 e. The van der Waals surface area contributed by atoms with Crippen LogP contribution in [0.15, 0.2) is 0 Å². The molecule has 2 atom stereocenters. The zero-order valence-corrected chi connectivity index (χ0v) is 10.3. The van der Waals surface area contributed by atoms with E-state index in [0.29, 0.717) is 5.54 Å². The molecule has 0 radical (unpaired) electrons. The van der Waals surface area contributed by atoms with Gasteiger partial charge in [0.1, 0.15) is 0 Å². The second kappa shape index (κ2) is 3.23. The van der Waals surface area contributed by atoms with Gasteiger partial charge >= 0.3 is 0 Å². The Kier molecular flexibility index (Phi) is 2.42. The first-order valence-electron chi connectivity index (χ1n) is 6.30. The number of piperidine rings is 1. The first kappa shape index (κ1) is 10.5. The molecule has 1 aliphatic carbocycles. The van der Waals surface area contributed by atoms with Crippen molar-refractivity contribution in [2.24, 2.45) is 11.8 Å². The fourth-order valence-electron chi connectivity index (χ4n) is 3.88. The Morgan fingerprint density at radius 1 is 1.00 bits per heavy atom. The normalized spacial score (nSPS) is 40.3. The molecule has 2 rings (SSSR count).